The number of rotatable bonds is 8. The smallest absolute Gasteiger partial charge is 0.137 e. The van der Waals surface area contributed by atoms with Crippen LogP contribution in [0.2, 0.25) is 0 Å². The Kier molecular flexibility index (Phi) is 15.9. The molecule has 7 heteroatoms. The number of benzene rings is 19. The van der Waals surface area contributed by atoms with Crippen LogP contribution in [0.25, 0.3) is 220 Å². The fourth-order valence-corrected chi connectivity index (χ4v) is 20.7. The molecule has 0 spiro atoms. The lowest BCUT2D eigenvalue weighted by Gasteiger charge is -2.22. The first-order valence-corrected chi connectivity index (χ1v) is 42.8. The average Bonchev–Trinajstić information content (AvgIpc) is 1.55. The minimum atomic E-state index is -0.0479. The van der Waals surface area contributed by atoms with Crippen LogP contribution in [-0.4, -0.2) is 27.4 Å². The van der Waals surface area contributed by atoms with Gasteiger partial charge in [0.15, 0.2) is 0 Å². The van der Waals surface area contributed by atoms with E-state index in [1.54, 1.807) is 0 Å². The highest BCUT2D eigenvalue weighted by Gasteiger charge is 2.36. The zero-order chi connectivity index (χ0) is 81.8. The van der Waals surface area contributed by atoms with Crippen LogP contribution in [0.3, 0.4) is 0 Å². The number of hydrogen-bond donors (Lipinski definition) is 0. The quantitative estimate of drug-likeness (QED) is 0.149. The zero-order valence-corrected chi connectivity index (χ0v) is 68.2. The van der Waals surface area contributed by atoms with Crippen molar-refractivity contribution in [1.82, 2.24) is 27.4 Å². The second kappa shape index (κ2) is 27.9. The lowest BCUT2D eigenvalue weighted by Crippen LogP contribution is -2.15. The van der Waals surface area contributed by atoms with Gasteiger partial charge in [0.25, 0.3) is 0 Å². The minimum Gasteiger partial charge on any atom is -0.456 e. The molecule has 0 saturated heterocycles. The van der Waals surface area contributed by atoms with Crippen molar-refractivity contribution in [3.05, 3.63) is 448 Å². The maximum absolute atomic E-state index is 6.28. The second-order valence-corrected chi connectivity index (χ2v) is 33.5. The molecule has 0 saturated carbocycles. The SMILES string of the molecule is CC1(C)c2ccccc2-c2ccc(-n3c4ccccc4c4cc5c6ccccc6n(-c6ccccc6)c5cc43)cc21.c1ccc(-c2ccc(-c3cccc(-n4c5ccccc5c5cc6c7ccccc7n(-c7ccccc7)c6cc54)c3)cc2)cc1.c1ccc(-n2c3ccccc3c3cc4c5ccccc5n(-c5ccc6c(c5)oc5ccccc56)c4cc32)cc1. The molecule has 7 nitrogen and oxygen atoms in total. The van der Waals surface area contributed by atoms with Crippen LogP contribution < -0.4 is 0 Å². The Morgan fingerprint density at radius 2 is 0.452 bits per heavy atom. The highest BCUT2D eigenvalue weighted by Crippen LogP contribution is 2.51. The van der Waals surface area contributed by atoms with Crippen molar-refractivity contribution in [2.45, 2.75) is 19.3 Å². The van der Waals surface area contributed by atoms with Gasteiger partial charge in [0.1, 0.15) is 11.2 Å². The molecular weight excluding hydrogens is 1510 g/mol. The Labute approximate surface area is 714 Å². The number of furan rings is 1. The van der Waals surface area contributed by atoms with E-state index < -0.39 is 0 Å². The standard InChI is InChI=1S/C42H28N2.C39H28N2.C36H22N2O/c1-3-12-29(13-4-1)30-22-24-31(25-23-30)32-14-11-17-34(26-32)44-40-21-10-8-19-36(40)38-27-37-35-18-7-9-20-39(35)43(41(37)28-42(38)44)33-15-5-2-6-16-33;1-39(2)33-17-9-6-14-27(33)28-21-20-26(22-34(28)39)41-36-19-11-8-16-30(36)32-23-31-29-15-7-10-18-35(29)40(37(31)24-38(32)41)25-12-4-3-5-13-25;1-2-10-23(11-3-1)37-31-15-7-4-12-25(31)29-21-30-26-13-5-8-16-32(26)38(34(30)22-33(29)37)24-18-19-28-27-14-6-9-17-35(27)39-36(28)20-24/h1-28H;3-24H,1-2H3;1-22H. The van der Waals surface area contributed by atoms with Crippen molar-refractivity contribution in [2.75, 3.05) is 0 Å². The van der Waals surface area contributed by atoms with Crippen molar-refractivity contribution in [2.24, 2.45) is 0 Å². The summed E-state index contributed by atoms with van der Waals surface area (Å²) in [7, 11) is 0. The normalized spacial score (nSPS) is 12.5. The third-order valence-electron chi connectivity index (χ3n) is 26.3. The predicted octanol–water partition coefficient (Wildman–Crippen LogP) is 31.2. The Hall–Kier alpha value is -16.2. The molecule has 26 aromatic rings. The molecule has 7 heterocycles. The maximum Gasteiger partial charge on any atom is 0.137 e. The fourth-order valence-electron chi connectivity index (χ4n) is 20.7. The van der Waals surface area contributed by atoms with Crippen LogP contribution in [0.4, 0.5) is 0 Å². The van der Waals surface area contributed by atoms with Crippen molar-refractivity contribution in [3.8, 4) is 67.5 Å². The summed E-state index contributed by atoms with van der Waals surface area (Å²) in [5.74, 6) is 0. The monoisotopic (exact) mass is 1580 g/mol. The molecule has 0 radical (unpaired) electrons. The molecule has 19 aromatic carbocycles. The third kappa shape index (κ3) is 10.9. The van der Waals surface area contributed by atoms with E-state index in [9.17, 15) is 0 Å². The lowest BCUT2D eigenvalue weighted by atomic mass is 9.82. The van der Waals surface area contributed by atoms with Crippen LogP contribution in [0.5, 0.6) is 0 Å². The molecule has 582 valence electrons. The first-order valence-electron chi connectivity index (χ1n) is 42.8. The van der Waals surface area contributed by atoms with E-state index in [0.29, 0.717) is 0 Å². The first kappa shape index (κ1) is 70.8. The van der Waals surface area contributed by atoms with E-state index in [-0.39, 0.29) is 5.41 Å². The van der Waals surface area contributed by atoms with Gasteiger partial charge in [-0.1, -0.05) is 293 Å². The van der Waals surface area contributed by atoms with Gasteiger partial charge in [0.05, 0.1) is 66.2 Å². The van der Waals surface area contributed by atoms with Crippen LogP contribution in [-0.2, 0) is 5.41 Å². The topological polar surface area (TPSA) is 42.7 Å². The number of fused-ring (bicyclic) bond motifs is 24. The Morgan fingerprint density at radius 3 is 0.879 bits per heavy atom. The highest BCUT2D eigenvalue weighted by atomic mass is 16.3. The largest absolute Gasteiger partial charge is 0.456 e. The van der Waals surface area contributed by atoms with Crippen LogP contribution in [0.15, 0.2) is 441 Å². The van der Waals surface area contributed by atoms with Gasteiger partial charge in [-0.05, 0) is 196 Å². The third-order valence-corrected chi connectivity index (χ3v) is 26.3. The molecule has 0 fully saturated rings. The van der Waals surface area contributed by atoms with E-state index in [1.807, 2.05) is 12.1 Å². The molecule has 0 N–H and O–H groups in total. The highest BCUT2D eigenvalue weighted by molar-refractivity contribution is 6.23. The molecule has 0 unspecified atom stereocenters. The van der Waals surface area contributed by atoms with E-state index in [2.05, 4.69) is 466 Å². The number of hydrogen-bond acceptors (Lipinski definition) is 1. The fraction of sp³-hybridized carbons (Fsp3) is 0.0256. The van der Waals surface area contributed by atoms with E-state index in [0.717, 1.165) is 39.0 Å². The molecule has 0 bridgehead atoms. The van der Waals surface area contributed by atoms with Gasteiger partial charge in [0, 0.05) is 121 Å². The molecule has 7 aromatic heterocycles. The Bertz CT molecular complexity index is 8810. The Balaban J connectivity index is 0.000000102. The summed E-state index contributed by atoms with van der Waals surface area (Å²) in [5.41, 5.74) is 33.6. The molecule has 0 aliphatic heterocycles. The molecule has 27 rings (SSSR count). The Morgan fingerprint density at radius 1 is 0.161 bits per heavy atom. The summed E-state index contributed by atoms with van der Waals surface area (Å²) < 4.78 is 20.8. The van der Waals surface area contributed by atoms with Gasteiger partial charge in [-0.25, -0.2) is 0 Å². The molecular formula is C117H78N6O. The molecule has 1 aliphatic rings. The van der Waals surface area contributed by atoms with Crippen molar-refractivity contribution in [1.29, 1.82) is 0 Å². The molecule has 1 aliphatic carbocycles. The average molecular weight is 1580 g/mol. The van der Waals surface area contributed by atoms with Crippen LogP contribution in [0, 0.1) is 0 Å². The van der Waals surface area contributed by atoms with Crippen molar-refractivity contribution < 1.29 is 4.42 Å². The van der Waals surface area contributed by atoms with E-state index in [1.165, 1.54) is 192 Å². The molecule has 0 amide bonds. The van der Waals surface area contributed by atoms with Crippen LogP contribution in [0.1, 0.15) is 25.0 Å². The van der Waals surface area contributed by atoms with Gasteiger partial charge in [-0.15, -0.1) is 0 Å². The summed E-state index contributed by atoms with van der Waals surface area (Å²) in [6.45, 7) is 4.71. The summed E-state index contributed by atoms with van der Waals surface area (Å²) in [5, 5.41) is 17.5. The number of aromatic nitrogens is 6. The van der Waals surface area contributed by atoms with Gasteiger partial charge in [-0.3, -0.25) is 0 Å². The van der Waals surface area contributed by atoms with Gasteiger partial charge in [0.2, 0.25) is 0 Å². The summed E-state index contributed by atoms with van der Waals surface area (Å²) in [6, 6.07) is 158. The van der Waals surface area contributed by atoms with Crippen molar-refractivity contribution >= 4 is 153 Å². The summed E-state index contributed by atoms with van der Waals surface area (Å²) in [4.78, 5) is 0. The van der Waals surface area contributed by atoms with E-state index >= 15 is 0 Å². The van der Waals surface area contributed by atoms with Gasteiger partial charge in [-0.2, -0.15) is 0 Å². The van der Waals surface area contributed by atoms with Crippen LogP contribution >= 0.6 is 0 Å². The summed E-state index contributed by atoms with van der Waals surface area (Å²) in [6.07, 6.45) is 0. The maximum atomic E-state index is 6.28. The molecule has 0 atom stereocenters. The number of para-hydroxylation sites is 10. The first-order chi connectivity index (χ1) is 61.3. The minimum absolute atomic E-state index is 0.0479. The van der Waals surface area contributed by atoms with Gasteiger partial charge >= 0.3 is 0 Å². The van der Waals surface area contributed by atoms with E-state index in [4.69, 9.17) is 4.42 Å². The predicted molar refractivity (Wildman–Crippen MR) is 521 cm³/mol. The summed E-state index contributed by atoms with van der Waals surface area (Å²) >= 11 is 0. The van der Waals surface area contributed by atoms with Gasteiger partial charge < -0.3 is 31.8 Å². The molecule has 124 heavy (non-hydrogen) atoms. The number of nitrogens with zero attached hydrogens (tertiary/aromatic N) is 6. The zero-order valence-electron chi connectivity index (χ0n) is 68.2. The van der Waals surface area contributed by atoms with Crippen molar-refractivity contribution in [3.63, 3.8) is 0 Å². The second-order valence-electron chi connectivity index (χ2n) is 33.5. The lowest BCUT2D eigenvalue weighted by molar-refractivity contribution is 0.660.